The quantitative estimate of drug-likeness (QED) is 0.749. The molecule has 0 aromatic heterocycles. The molecule has 0 unspecified atom stereocenters. The molecule has 0 heterocycles. The van der Waals surface area contributed by atoms with Gasteiger partial charge in [0.25, 0.3) is 0 Å². The lowest BCUT2D eigenvalue weighted by Crippen LogP contribution is -2.35. The summed E-state index contributed by atoms with van der Waals surface area (Å²) in [6, 6.07) is 6.51. The molecule has 0 aliphatic carbocycles. The Morgan fingerprint density at radius 2 is 1.94 bits per heavy atom. The molecule has 0 aliphatic rings. The predicted octanol–water partition coefficient (Wildman–Crippen LogP) is 1.27. The summed E-state index contributed by atoms with van der Waals surface area (Å²) in [7, 11) is 0. The predicted molar refractivity (Wildman–Crippen MR) is 59.9 cm³/mol. The van der Waals surface area contributed by atoms with Crippen LogP contribution >= 0.6 is 0 Å². The molecule has 0 radical (unpaired) electrons. The molecular formula is C11H13F3N2O2. The number of aliphatic hydroxyl groups excluding tert-OH is 1. The fourth-order valence-corrected chi connectivity index (χ4v) is 1.29. The number of rotatable bonds is 5. The highest BCUT2D eigenvalue weighted by molar-refractivity contribution is 5.92. The number of hydrogen-bond donors (Lipinski definition) is 3. The van der Waals surface area contributed by atoms with Crippen molar-refractivity contribution in [1.29, 1.82) is 0 Å². The van der Waals surface area contributed by atoms with E-state index in [2.05, 4.69) is 5.32 Å². The number of aliphatic hydroxyl groups is 1. The maximum absolute atomic E-state index is 11.8. The molecule has 0 saturated heterocycles. The Bertz CT molecular complexity index is 408. The summed E-state index contributed by atoms with van der Waals surface area (Å²) < 4.78 is 35.5. The number of alkyl halides is 3. The molecule has 0 fully saturated rings. The Labute approximate surface area is 102 Å². The van der Waals surface area contributed by atoms with Crippen molar-refractivity contribution in [3.63, 3.8) is 0 Å². The third-order valence-electron chi connectivity index (χ3n) is 2.07. The zero-order valence-corrected chi connectivity index (χ0v) is 9.42. The van der Waals surface area contributed by atoms with E-state index in [4.69, 9.17) is 5.11 Å². The van der Waals surface area contributed by atoms with Crippen LogP contribution in [0.25, 0.3) is 0 Å². The van der Waals surface area contributed by atoms with E-state index in [0.717, 1.165) is 0 Å². The van der Waals surface area contributed by atoms with Crippen molar-refractivity contribution in [3.8, 4) is 0 Å². The molecule has 1 aromatic carbocycles. The fraction of sp³-hybridized carbons (Fsp3) is 0.364. The molecule has 7 heteroatoms. The summed E-state index contributed by atoms with van der Waals surface area (Å²) >= 11 is 0. The van der Waals surface area contributed by atoms with Crippen molar-refractivity contribution in [2.24, 2.45) is 0 Å². The number of halogens is 3. The highest BCUT2D eigenvalue weighted by Gasteiger charge is 2.26. The molecule has 0 aliphatic heterocycles. The van der Waals surface area contributed by atoms with Gasteiger partial charge in [0.2, 0.25) is 5.91 Å². The van der Waals surface area contributed by atoms with Crippen molar-refractivity contribution in [2.45, 2.75) is 12.8 Å². The summed E-state index contributed by atoms with van der Waals surface area (Å²) in [5, 5.41) is 13.4. The van der Waals surface area contributed by atoms with Gasteiger partial charge in [-0.1, -0.05) is 18.2 Å². The molecule has 4 nitrogen and oxygen atoms in total. The van der Waals surface area contributed by atoms with Gasteiger partial charge in [0.15, 0.2) is 0 Å². The summed E-state index contributed by atoms with van der Waals surface area (Å²) in [5.41, 5.74) is 0.889. The number of carbonyl (C=O) groups excluding carboxylic acids is 1. The standard InChI is InChI=1S/C11H13F3N2O2/c12-11(13,14)7-15-5-10(18)16-9-4-2-1-3-8(9)6-17/h1-4,15,17H,5-7H2,(H,16,18). The molecule has 100 valence electrons. The van der Waals surface area contributed by atoms with Crippen molar-refractivity contribution in [2.75, 3.05) is 18.4 Å². The lowest BCUT2D eigenvalue weighted by atomic mass is 10.2. The minimum Gasteiger partial charge on any atom is -0.392 e. The van der Waals surface area contributed by atoms with Crippen molar-refractivity contribution >= 4 is 11.6 Å². The second-order valence-corrected chi connectivity index (χ2v) is 3.58. The zero-order valence-electron chi connectivity index (χ0n) is 9.42. The fourth-order valence-electron chi connectivity index (χ4n) is 1.29. The minimum atomic E-state index is -4.34. The van der Waals surface area contributed by atoms with Crippen molar-refractivity contribution in [3.05, 3.63) is 29.8 Å². The van der Waals surface area contributed by atoms with Crippen LogP contribution < -0.4 is 10.6 Å². The highest BCUT2D eigenvalue weighted by atomic mass is 19.4. The molecule has 0 bridgehead atoms. The van der Waals surface area contributed by atoms with Gasteiger partial charge in [0, 0.05) is 11.3 Å². The highest BCUT2D eigenvalue weighted by Crippen LogP contribution is 2.14. The van der Waals surface area contributed by atoms with Gasteiger partial charge in [-0.05, 0) is 6.07 Å². The van der Waals surface area contributed by atoms with E-state index in [0.29, 0.717) is 11.3 Å². The molecule has 1 rings (SSSR count). The van der Waals surface area contributed by atoms with Gasteiger partial charge >= 0.3 is 6.18 Å². The molecular weight excluding hydrogens is 249 g/mol. The van der Waals surface area contributed by atoms with Gasteiger partial charge in [-0.25, -0.2) is 0 Å². The molecule has 18 heavy (non-hydrogen) atoms. The number of para-hydroxylation sites is 1. The first-order valence-electron chi connectivity index (χ1n) is 5.18. The Balaban J connectivity index is 2.45. The number of hydrogen-bond acceptors (Lipinski definition) is 3. The normalized spacial score (nSPS) is 11.3. The lowest BCUT2D eigenvalue weighted by Gasteiger charge is -2.10. The third kappa shape index (κ3) is 5.15. The summed E-state index contributed by atoms with van der Waals surface area (Å²) in [5.74, 6) is -0.597. The third-order valence-corrected chi connectivity index (χ3v) is 2.07. The Kier molecular flexibility index (Phi) is 5.11. The topological polar surface area (TPSA) is 61.4 Å². The lowest BCUT2D eigenvalue weighted by molar-refractivity contribution is -0.126. The summed E-state index contributed by atoms with van der Waals surface area (Å²) in [4.78, 5) is 11.3. The van der Waals surface area contributed by atoms with E-state index in [1.165, 1.54) is 0 Å². The van der Waals surface area contributed by atoms with Crippen LogP contribution in [-0.2, 0) is 11.4 Å². The zero-order chi connectivity index (χ0) is 13.6. The first-order chi connectivity index (χ1) is 8.42. The average Bonchev–Trinajstić information content (AvgIpc) is 2.28. The molecule has 1 amide bonds. The van der Waals surface area contributed by atoms with Gasteiger partial charge in [-0.15, -0.1) is 0 Å². The Morgan fingerprint density at radius 3 is 2.56 bits per heavy atom. The minimum absolute atomic E-state index is 0.258. The Hall–Kier alpha value is -1.60. The number of amides is 1. The van der Waals surface area contributed by atoms with Crippen LogP contribution in [0.15, 0.2) is 24.3 Å². The van der Waals surface area contributed by atoms with Crippen LogP contribution in [0.3, 0.4) is 0 Å². The van der Waals surface area contributed by atoms with E-state index in [1.807, 2.05) is 5.32 Å². The van der Waals surface area contributed by atoms with E-state index < -0.39 is 25.2 Å². The Morgan fingerprint density at radius 1 is 1.28 bits per heavy atom. The van der Waals surface area contributed by atoms with Gasteiger partial charge in [0.05, 0.1) is 19.7 Å². The molecule has 0 spiro atoms. The maximum atomic E-state index is 11.8. The van der Waals surface area contributed by atoms with Gasteiger partial charge in [-0.3, -0.25) is 4.79 Å². The van der Waals surface area contributed by atoms with Crippen LogP contribution in [0, 0.1) is 0 Å². The van der Waals surface area contributed by atoms with Gasteiger partial charge in [0.1, 0.15) is 0 Å². The van der Waals surface area contributed by atoms with E-state index >= 15 is 0 Å². The maximum Gasteiger partial charge on any atom is 0.401 e. The van der Waals surface area contributed by atoms with Crippen molar-refractivity contribution in [1.82, 2.24) is 5.32 Å². The molecule has 0 atom stereocenters. The van der Waals surface area contributed by atoms with Crippen LogP contribution in [0.5, 0.6) is 0 Å². The molecule has 3 N–H and O–H groups in total. The largest absolute Gasteiger partial charge is 0.401 e. The number of nitrogens with one attached hydrogen (secondary N) is 2. The van der Waals surface area contributed by atoms with Crippen molar-refractivity contribution < 1.29 is 23.1 Å². The number of benzene rings is 1. The molecule has 0 saturated carbocycles. The summed E-state index contributed by atoms with van der Waals surface area (Å²) in [6.45, 7) is -1.92. The van der Waals surface area contributed by atoms with Crippen LogP contribution in [0.2, 0.25) is 0 Å². The van der Waals surface area contributed by atoms with Crippen LogP contribution in [0.4, 0.5) is 18.9 Å². The first-order valence-corrected chi connectivity index (χ1v) is 5.18. The second kappa shape index (κ2) is 6.36. The van der Waals surface area contributed by atoms with Gasteiger partial charge in [-0.2, -0.15) is 13.2 Å². The summed E-state index contributed by atoms with van der Waals surface area (Å²) in [6.07, 6.45) is -4.34. The second-order valence-electron chi connectivity index (χ2n) is 3.58. The SMILES string of the molecule is O=C(CNCC(F)(F)F)Nc1ccccc1CO. The average molecular weight is 262 g/mol. The smallest absolute Gasteiger partial charge is 0.392 e. The van der Waals surface area contributed by atoms with E-state index in [1.54, 1.807) is 24.3 Å². The number of anilines is 1. The number of carbonyl (C=O) groups is 1. The van der Waals surface area contributed by atoms with Crippen LogP contribution in [-0.4, -0.2) is 30.3 Å². The van der Waals surface area contributed by atoms with Gasteiger partial charge < -0.3 is 15.7 Å². The van der Waals surface area contributed by atoms with E-state index in [-0.39, 0.29) is 6.61 Å². The molecule has 1 aromatic rings. The monoisotopic (exact) mass is 262 g/mol. The van der Waals surface area contributed by atoms with Crippen LogP contribution in [0.1, 0.15) is 5.56 Å². The van der Waals surface area contributed by atoms with E-state index in [9.17, 15) is 18.0 Å². The first kappa shape index (κ1) is 14.5.